The first kappa shape index (κ1) is 14.1. The van der Waals surface area contributed by atoms with Crippen LogP contribution in [0.5, 0.6) is 0 Å². The van der Waals surface area contributed by atoms with Gasteiger partial charge in [-0.1, -0.05) is 17.7 Å². The highest BCUT2D eigenvalue weighted by Gasteiger charge is 2.30. The molecule has 1 heterocycles. The Morgan fingerprint density at radius 3 is 2.11 bits per heavy atom. The summed E-state index contributed by atoms with van der Waals surface area (Å²) in [7, 11) is 0. The highest BCUT2D eigenvalue weighted by molar-refractivity contribution is 5.97. The van der Waals surface area contributed by atoms with Crippen LogP contribution in [-0.4, -0.2) is 34.6 Å². The Kier molecular flexibility index (Phi) is 3.68. The van der Waals surface area contributed by atoms with Crippen molar-refractivity contribution in [2.75, 3.05) is 13.1 Å². The van der Waals surface area contributed by atoms with Crippen molar-refractivity contribution in [2.24, 2.45) is 0 Å². The zero-order chi connectivity index (χ0) is 14.2. The molecule has 1 fully saturated rings. The molecule has 2 rings (SSSR count). The second kappa shape index (κ2) is 4.97. The van der Waals surface area contributed by atoms with Crippen LogP contribution in [0.25, 0.3) is 0 Å². The number of aryl methyl sites for hydroxylation is 3. The van der Waals surface area contributed by atoms with E-state index in [0.717, 1.165) is 16.7 Å². The van der Waals surface area contributed by atoms with E-state index in [0.29, 0.717) is 25.9 Å². The lowest BCUT2D eigenvalue weighted by Gasteiger charge is -2.36. The summed E-state index contributed by atoms with van der Waals surface area (Å²) in [4.78, 5) is 14.5. The number of aliphatic hydroxyl groups is 1. The van der Waals surface area contributed by atoms with Crippen LogP contribution < -0.4 is 0 Å². The maximum Gasteiger partial charge on any atom is 0.254 e. The number of rotatable bonds is 1. The average molecular weight is 261 g/mol. The number of hydrogen-bond donors (Lipinski definition) is 1. The van der Waals surface area contributed by atoms with Gasteiger partial charge in [0.15, 0.2) is 0 Å². The Morgan fingerprint density at radius 2 is 1.63 bits per heavy atom. The second-order valence-corrected chi connectivity index (χ2v) is 6.06. The molecule has 19 heavy (non-hydrogen) atoms. The van der Waals surface area contributed by atoms with Crippen LogP contribution in [0.15, 0.2) is 12.1 Å². The van der Waals surface area contributed by atoms with Crippen molar-refractivity contribution in [3.05, 3.63) is 34.4 Å². The molecule has 0 saturated carbocycles. The molecule has 0 radical (unpaired) electrons. The van der Waals surface area contributed by atoms with E-state index in [4.69, 9.17) is 0 Å². The minimum absolute atomic E-state index is 0.102. The number of benzene rings is 1. The van der Waals surface area contributed by atoms with Gasteiger partial charge in [0.2, 0.25) is 0 Å². The van der Waals surface area contributed by atoms with Crippen molar-refractivity contribution < 1.29 is 9.90 Å². The molecule has 1 saturated heterocycles. The fraction of sp³-hybridized carbons (Fsp3) is 0.562. The Labute approximate surface area is 115 Å². The lowest BCUT2D eigenvalue weighted by atomic mass is 9.92. The third-order valence-electron chi connectivity index (χ3n) is 4.02. The van der Waals surface area contributed by atoms with Crippen molar-refractivity contribution in [1.29, 1.82) is 0 Å². The summed E-state index contributed by atoms with van der Waals surface area (Å²) >= 11 is 0. The molecule has 3 nitrogen and oxygen atoms in total. The second-order valence-electron chi connectivity index (χ2n) is 6.06. The van der Waals surface area contributed by atoms with E-state index in [1.54, 1.807) is 0 Å². The lowest BCUT2D eigenvalue weighted by Crippen LogP contribution is -2.45. The van der Waals surface area contributed by atoms with E-state index in [2.05, 4.69) is 12.1 Å². The van der Waals surface area contributed by atoms with E-state index >= 15 is 0 Å². The molecule has 0 unspecified atom stereocenters. The minimum atomic E-state index is -0.617. The van der Waals surface area contributed by atoms with E-state index in [9.17, 15) is 9.90 Å². The van der Waals surface area contributed by atoms with Crippen LogP contribution in [0.3, 0.4) is 0 Å². The quantitative estimate of drug-likeness (QED) is 0.844. The summed E-state index contributed by atoms with van der Waals surface area (Å²) < 4.78 is 0. The Hall–Kier alpha value is -1.35. The molecule has 0 aliphatic carbocycles. The molecule has 0 bridgehead atoms. The zero-order valence-corrected chi connectivity index (χ0v) is 12.3. The first-order chi connectivity index (χ1) is 8.80. The molecule has 0 atom stereocenters. The molecule has 3 heteroatoms. The molecule has 1 aliphatic rings. The number of hydrogen-bond acceptors (Lipinski definition) is 2. The molecule has 104 valence electrons. The Bertz CT molecular complexity index is 472. The van der Waals surface area contributed by atoms with Gasteiger partial charge < -0.3 is 10.0 Å². The Morgan fingerprint density at radius 1 is 1.16 bits per heavy atom. The summed E-state index contributed by atoms with van der Waals surface area (Å²) in [5, 5.41) is 9.95. The first-order valence-corrected chi connectivity index (χ1v) is 6.90. The van der Waals surface area contributed by atoms with Crippen LogP contribution in [0, 0.1) is 20.8 Å². The predicted molar refractivity (Wildman–Crippen MR) is 76.4 cm³/mol. The SMILES string of the molecule is Cc1cc(C)c(C(=O)N2CCC(C)(O)CC2)c(C)c1. The predicted octanol–water partition coefficient (Wildman–Crippen LogP) is 2.60. The van der Waals surface area contributed by atoms with Gasteiger partial charge >= 0.3 is 0 Å². The smallest absolute Gasteiger partial charge is 0.254 e. The molecule has 1 aromatic rings. The summed E-state index contributed by atoms with van der Waals surface area (Å²) in [6, 6.07) is 4.11. The molecular formula is C16H23NO2. The van der Waals surface area contributed by atoms with Gasteiger partial charge in [0.1, 0.15) is 0 Å². The van der Waals surface area contributed by atoms with E-state index < -0.39 is 5.60 Å². The third-order valence-corrected chi connectivity index (χ3v) is 4.02. The average Bonchev–Trinajstić information content (AvgIpc) is 2.27. The van der Waals surface area contributed by atoms with Crippen LogP contribution in [0.4, 0.5) is 0 Å². The van der Waals surface area contributed by atoms with Crippen LogP contribution in [0.1, 0.15) is 46.8 Å². The lowest BCUT2D eigenvalue weighted by molar-refractivity contribution is -0.00205. The van der Waals surface area contributed by atoms with Gasteiger partial charge in [-0.25, -0.2) is 0 Å². The fourth-order valence-electron chi connectivity index (χ4n) is 2.87. The monoisotopic (exact) mass is 261 g/mol. The van der Waals surface area contributed by atoms with Gasteiger partial charge in [-0.3, -0.25) is 4.79 Å². The van der Waals surface area contributed by atoms with Crippen molar-refractivity contribution in [3.63, 3.8) is 0 Å². The van der Waals surface area contributed by atoms with Gasteiger partial charge in [0.05, 0.1) is 5.60 Å². The standard InChI is InChI=1S/C16H23NO2/c1-11-9-12(2)14(13(3)10-11)15(18)17-7-5-16(4,19)6-8-17/h9-10,19H,5-8H2,1-4H3. The van der Waals surface area contributed by atoms with Gasteiger partial charge in [-0.05, 0) is 51.7 Å². The van der Waals surface area contributed by atoms with Gasteiger partial charge in [-0.2, -0.15) is 0 Å². The molecule has 1 amide bonds. The number of piperidine rings is 1. The van der Waals surface area contributed by atoms with Crippen LogP contribution in [0.2, 0.25) is 0 Å². The van der Waals surface area contributed by atoms with Crippen molar-refractivity contribution >= 4 is 5.91 Å². The minimum Gasteiger partial charge on any atom is -0.390 e. The van der Waals surface area contributed by atoms with Crippen molar-refractivity contribution in [3.8, 4) is 0 Å². The molecule has 1 aliphatic heterocycles. The van der Waals surface area contributed by atoms with E-state index in [1.807, 2.05) is 32.6 Å². The molecule has 1 aromatic carbocycles. The molecule has 1 N–H and O–H groups in total. The molecule has 0 aromatic heterocycles. The maximum atomic E-state index is 12.6. The maximum absolute atomic E-state index is 12.6. The normalized spacial score (nSPS) is 18.5. The van der Waals surface area contributed by atoms with Crippen LogP contribution >= 0.6 is 0 Å². The summed E-state index contributed by atoms with van der Waals surface area (Å²) in [6.07, 6.45) is 1.31. The summed E-state index contributed by atoms with van der Waals surface area (Å²) in [6.45, 7) is 9.15. The number of amides is 1. The highest BCUT2D eigenvalue weighted by Crippen LogP contribution is 2.24. The molecular weight excluding hydrogens is 238 g/mol. The number of likely N-dealkylation sites (tertiary alicyclic amines) is 1. The van der Waals surface area contributed by atoms with Gasteiger partial charge in [0.25, 0.3) is 5.91 Å². The fourth-order valence-corrected chi connectivity index (χ4v) is 2.87. The van der Waals surface area contributed by atoms with E-state index in [-0.39, 0.29) is 5.91 Å². The summed E-state index contributed by atoms with van der Waals surface area (Å²) in [5.74, 6) is 0.102. The molecule has 0 spiro atoms. The highest BCUT2D eigenvalue weighted by atomic mass is 16.3. The van der Waals surface area contributed by atoms with Gasteiger partial charge in [-0.15, -0.1) is 0 Å². The number of carbonyl (C=O) groups is 1. The largest absolute Gasteiger partial charge is 0.390 e. The zero-order valence-electron chi connectivity index (χ0n) is 12.3. The first-order valence-electron chi connectivity index (χ1n) is 6.90. The number of nitrogens with zero attached hydrogens (tertiary/aromatic N) is 1. The third kappa shape index (κ3) is 2.98. The number of carbonyl (C=O) groups excluding carboxylic acids is 1. The topological polar surface area (TPSA) is 40.5 Å². The van der Waals surface area contributed by atoms with Gasteiger partial charge in [0, 0.05) is 18.7 Å². The van der Waals surface area contributed by atoms with E-state index in [1.165, 1.54) is 5.56 Å². The van der Waals surface area contributed by atoms with Crippen LogP contribution in [-0.2, 0) is 0 Å². The Balaban J connectivity index is 2.22. The summed E-state index contributed by atoms with van der Waals surface area (Å²) in [5.41, 5.74) is 3.48. The van der Waals surface area contributed by atoms with Crippen molar-refractivity contribution in [1.82, 2.24) is 4.90 Å². The van der Waals surface area contributed by atoms with Crippen molar-refractivity contribution in [2.45, 2.75) is 46.1 Å².